The van der Waals surface area contributed by atoms with Crippen molar-refractivity contribution in [3.05, 3.63) is 95.1 Å². The fourth-order valence-electron chi connectivity index (χ4n) is 5.36. The smallest absolute Gasteiger partial charge is 0.337 e. The van der Waals surface area contributed by atoms with Crippen LogP contribution in [0.15, 0.2) is 82.8 Å². The Kier molecular flexibility index (Phi) is 16.7. The van der Waals surface area contributed by atoms with Gasteiger partial charge in [-0.1, -0.05) is 121 Å². The van der Waals surface area contributed by atoms with Gasteiger partial charge in [0, 0.05) is 11.1 Å². The molecule has 2 N–H and O–H groups in total. The van der Waals surface area contributed by atoms with Gasteiger partial charge in [0.05, 0.1) is 35.5 Å². The van der Waals surface area contributed by atoms with Crippen LogP contribution in [0.1, 0.15) is 129 Å². The number of unbranched alkanes of at least 4 members (excludes halogenated alkanes) is 13. The summed E-state index contributed by atoms with van der Waals surface area (Å²) < 4.78 is 37.1. The number of carboxylic acid groups (broad SMARTS) is 1. The lowest BCUT2D eigenvalue weighted by molar-refractivity contribution is 0.0600. The summed E-state index contributed by atoms with van der Waals surface area (Å²) in [4.78, 5) is 25.4. The molecule has 3 aromatic rings. The average Bonchev–Trinajstić information content (AvgIpc) is 3.10. The third-order valence-electron chi connectivity index (χ3n) is 8.10. The number of aromatic carboxylic acids is 1. The van der Waals surface area contributed by atoms with Gasteiger partial charge in [0.15, 0.2) is 0 Å². The highest BCUT2D eigenvalue weighted by Gasteiger charge is 2.21. The number of rotatable bonds is 23. The maximum absolute atomic E-state index is 13.2. The fourth-order valence-corrected chi connectivity index (χ4v) is 6.24. The number of hydrogen-bond donors (Lipinski definition) is 2. The van der Waals surface area contributed by atoms with E-state index < -0.39 is 26.9 Å². The Hall–Kier alpha value is -4.18. The van der Waals surface area contributed by atoms with E-state index in [1.807, 2.05) is 30.3 Å². The highest BCUT2D eigenvalue weighted by atomic mass is 32.2. The molecule has 48 heavy (non-hydrogen) atoms. The molecule has 0 radical (unpaired) electrons. The number of esters is 1. The highest BCUT2D eigenvalue weighted by Crippen LogP contribution is 2.20. The minimum Gasteiger partial charge on any atom is -0.494 e. The van der Waals surface area contributed by atoms with Crippen molar-refractivity contribution in [1.29, 1.82) is 0 Å². The molecule has 0 aromatic heterocycles. The fraction of sp³-hybridized carbons (Fsp3) is 0.447. The quantitative estimate of drug-likeness (QED) is 0.0444. The van der Waals surface area contributed by atoms with Gasteiger partial charge < -0.3 is 14.6 Å². The Bertz CT molecular complexity index is 1560. The first-order valence-corrected chi connectivity index (χ1v) is 18.6. The Morgan fingerprint density at radius 2 is 1.21 bits per heavy atom. The van der Waals surface area contributed by atoms with Gasteiger partial charge in [-0.05, 0) is 48.9 Å². The monoisotopic (exact) mass is 678 g/mol. The third-order valence-corrected chi connectivity index (χ3v) is 9.29. The SMILES string of the molecule is CCCCCCCCCCCCCCCCOc1ccc(/C(=N/NS(=O)(=O)c2cc(C(=O)O)cc(C(=O)OC)c2)c2ccccc2)cc1. The molecule has 0 heterocycles. The van der Waals surface area contributed by atoms with Crippen LogP contribution < -0.4 is 9.57 Å². The topological polar surface area (TPSA) is 131 Å². The van der Waals surface area contributed by atoms with E-state index in [0.29, 0.717) is 29.2 Å². The maximum Gasteiger partial charge on any atom is 0.337 e. The van der Waals surface area contributed by atoms with Crippen LogP contribution in [0, 0.1) is 0 Å². The number of benzene rings is 3. The number of carboxylic acids is 1. The Balaban J connectivity index is 1.53. The van der Waals surface area contributed by atoms with E-state index in [1.54, 1.807) is 24.3 Å². The van der Waals surface area contributed by atoms with Crippen LogP contribution in [-0.2, 0) is 14.8 Å². The van der Waals surface area contributed by atoms with Gasteiger partial charge in [-0.15, -0.1) is 0 Å². The summed E-state index contributed by atoms with van der Waals surface area (Å²) in [5, 5.41) is 13.7. The van der Waals surface area contributed by atoms with Gasteiger partial charge in [0.1, 0.15) is 5.75 Å². The molecule has 3 aromatic carbocycles. The number of nitrogens with zero attached hydrogens (tertiary/aromatic N) is 1. The molecule has 3 rings (SSSR count). The number of sulfonamides is 1. The molecule has 0 aliphatic heterocycles. The van der Waals surface area contributed by atoms with E-state index >= 15 is 0 Å². The molecular weight excluding hydrogens is 628 g/mol. The van der Waals surface area contributed by atoms with Crippen LogP contribution in [0.3, 0.4) is 0 Å². The van der Waals surface area contributed by atoms with Gasteiger partial charge in [-0.2, -0.15) is 18.4 Å². The number of ether oxygens (including phenoxy) is 2. The summed E-state index contributed by atoms with van der Waals surface area (Å²) in [5.41, 5.74) is 1.05. The first kappa shape index (κ1) is 38.3. The number of methoxy groups -OCH3 is 1. The lowest BCUT2D eigenvalue weighted by atomic mass is 10.0. The molecule has 0 aliphatic carbocycles. The molecule has 0 saturated carbocycles. The zero-order valence-electron chi connectivity index (χ0n) is 28.3. The molecule has 10 heteroatoms. The molecule has 0 atom stereocenters. The third kappa shape index (κ3) is 13.1. The predicted molar refractivity (Wildman–Crippen MR) is 189 cm³/mol. The molecule has 0 amide bonds. The second-order valence-corrected chi connectivity index (χ2v) is 13.6. The molecule has 0 unspecified atom stereocenters. The standard InChI is InChI=1S/C38H50N2O7S/c1-3-4-5-6-7-8-9-10-11-12-13-14-15-19-26-47-34-24-22-31(23-25-34)36(30-20-17-16-18-21-30)39-40-48(44,45)35-28-32(37(41)42)27-33(29-35)38(43)46-2/h16-18,20-25,27-29,40H,3-15,19,26H2,1-2H3,(H,41,42)/b39-36+. The van der Waals surface area contributed by atoms with Gasteiger partial charge in [0.25, 0.3) is 10.0 Å². The molecule has 0 saturated heterocycles. The Labute approximate surface area is 285 Å². The molecule has 0 bridgehead atoms. The van der Waals surface area contributed by atoms with Crippen LogP contribution in [0.2, 0.25) is 0 Å². The minimum absolute atomic E-state index is 0.213. The van der Waals surface area contributed by atoms with Crippen molar-refractivity contribution < 1.29 is 32.6 Å². The van der Waals surface area contributed by atoms with Crippen LogP contribution in [0.5, 0.6) is 5.75 Å². The summed E-state index contributed by atoms with van der Waals surface area (Å²) in [6, 6.07) is 19.4. The number of carbonyl (C=O) groups is 2. The zero-order valence-corrected chi connectivity index (χ0v) is 29.1. The Morgan fingerprint density at radius 1 is 0.688 bits per heavy atom. The second-order valence-electron chi connectivity index (χ2n) is 11.9. The van der Waals surface area contributed by atoms with E-state index in [9.17, 15) is 23.1 Å². The molecular formula is C38H50N2O7S. The normalized spacial score (nSPS) is 11.7. The lowest BCUT2D eigenvalue weighted by Gasteiger charge is -2.12. The van der Waals surface area contributed by atoms with E-state index in [0.717, 1.165) is 38.2 Å². The second kappa shape index (κ2) is 20.9. The van der Waals surface area contributed by atoms with Gasteiger partial charge in [-0.25, -0.2) is 9.59 Å². The summed E-state index contributed by atoms with van der Waals surface area (Å²) in [5.74, 6) is -1.55. The number of nitrogens with one attached hydrogen (secondary N) is 1. The first-order chi connectivity index (χ1) is 23.2. The van der Waals surface area contributed by atoms with Crippen molar-refractivity contribution in [1.82, 2.24) is 4.83 Å². The molecule has 0 aliphatic rings. The first-order valence-electron chi connectivity index (χ1n) is 17.1. The van der Waals surface area contributed by atoms with Crippen LogP contribution in [0.4, 0.5) is 0 Å². The van der Waals surface area contributed by atoms with Crippen molar-refractivity contribution in [2.24, 2.45) is 5.10 Å². The Morgan fingerprint density at radius 3 is 1.75 bits per heavy atom. The molecule has 9 nitrogen and oxygen atoms in total. The van der Waals surface area contributed by atoms with Crippen molar-refractivity contribution in [2.45, 2.75) is 102 Å². The average molecular weight is 679 g/mol. The number of hydrogen-bond acceptors (Lipinski definition) is 7. The minimum atomic E-state index is -4.37. The van der Waals surface area contributed by atoms with Crippen molar-refractivity contribution >= 4 is 27.7 Å². The predicted octanol–water partition coefficient (Wildman–Crippen LogP) is 8.76. The van der Waals surface area contributed by atoms with Gasteiger partial charge >= 0.3 is 11.9 Å². The van der Waals surface area contributed by atoms with Gasteiger partial charge in [-0.3, -0.25) is 0 Å². The lowest BCUT2D eigenvalue weighted by Crippen LogP contribution is -2.22. The molecule has 0 spiro atoms. The van der Waals surface area contributed by atoms with E-state index in [1.165, 1.54) is 77.0 Å². The number of hydrazone groups is 1. The van der Waals surface area contributed by atoms with E-state index in [-0.39, 0.29) is 11.1 Å². The van der Waals surface area contributed by atoms with E-state index in [4.69, 9.17) is 4.74 Å². The largest absolute Gasteiger partial charge is 0.494 e. The molecule has 0 fully saturated rings. The number of carbonyl (C=O) groups excluding carboxylic acids is 1. The van der Waals surface area contributed by atoms with Crippen molar-refractivity contribution in [3.8, 4) is 5.75 Å². The highest BCUT2D eigenvalue weighted by molar-refractivity contribution is 7.89. The van der Waals surface area contributed by atoms with Crippen molar-refractivity contribution in [3.63, 3.8) is 0 Å². The van der Waals surface area contributed by atoms with Gasteiger partial charge in [0.2, 0.25) is 0 Å². The maximum atomic E-state index is 13.2. The van der Waals surface area contributed by atoms with Crippen LogP contribution >= 0.6 is 0 Å². The summed E-state index contributed by atoms with van der Waals surface area (Å²) in [6.45, 7) is 2.88. The van der Waals surface area contributed by atoms with Crippen molar-refractivity contribution in [2.75, 3.05) is 13.7 Å². The van der Waals surface area contributed by atoms with E-state index in [2.05, 4.69) is 21.6 Å². The summed E-state index contributed by atoms with van der Waals surface area (Å²) >= 11 is 0. The summed E-state index contributed by atoms with van der Waals surface area (Å²) in [7, 11) is -3.25. The summed E-state index contributed by atoms with van der Waals surface area (Å²) in [6.07, 6.45) is 18.2. The zero-order chi connectivity index (χ0) is 34.6. The van der Waals surface area contributed by atoms with Crippen LogP contribution in [0.25, 0.3) is 0 Å². The van der Waals surface area contributed by atoms with Crippen LogP contribution in [-0.4, -0.2) is 44.9 Å². The molecule has 260 valence electrons.